The Morgan fingerprint density at radius 1 is 0.545 bits per heavy atom. The summed E-state index contributed by atoms with van der Waals surface area (Å²) in [4.78, 5) is 1.34. The molecule has 33 heavy (non-hydrogen) atoms. The molecule has 0 amide bonds. The van der Waals surface area contributed by atoms with Gasteiger partial charge < -0.3 is 0 Å². The van der Waals surface area contributed by atoms with Crippen LogP contribution in [0.2, 0.25) is 0 Å². The van der Waals surface area contributed by atoms with Crippen LogP contribution in [-0.2, 0) is 10.4 Å². The molecule has 3 rings (SSSR count). The second kappa shape index (κ2) is 10.3. The molecule has 0 radical (unpaired) electrons. The van der Waals surface area contributed by atoms with Crippen molar-refractivity contribution in [1.29, 1.82) is 0 Å². The maximum atomic E-state index is 15.2. The Balaban J connectivity index is 0.000000365. The highest BCUT2D eigenvalue weighted by Crippen LogP contribution is 2.50. The molecule has 0 fully saturated rings. The molecule has 3 aromatic carbocycles. The van der Waals surface area contributed by atoms with E-state index in [-0.39, 0.29) is 0 Å². The largest absolute Gasteiger partial charge is 0.485 e. The number of benzene rings is 3. The summed E-state index contributed by atoms with van der Waals surface area (Å²) in [6, 6.07) is 25.2. The van der Waals surface area contributed by atoms with Crippen molar-refractivity contribution in [2.24, 2.45) is 0 Å². The van der Waals surface area contributed by atoms with Crippen LogP contribution in [-0.4, -0.2) is 24.9 Å². The molecule has 1 nitrogen and oxygen atoms in total. The maximum Gasteiger partial charge on any atom is 0.485 e. The molecule has 0 aromatic heterocycles. The van der Waals surface area contributed by atoms with Gasteiger partial charge in [0.1, 0.15) is 5.41 Å². The van der Waals surface area contributed by atoms with Gasteiger partial charge in [-0.15, -0.1) is 4.94 Å². The third-order valence-corrected chi connectivity index (χ3v) is 4.76. The molecule has 0 unspecified atom stereocenters. The zero-order valence-corrected chi connectivity index (χ0v) is 16.7. The van der Waals surface area contributed by atoms with Crippen LogP contribution in [0.25, 0.3) is 0 Å². The summed E-state index contributed by atoms with van der Waals surface area (Å²) in [5.74, 6) is -3.60. The van der Waals surface area contributed by atoms with E-state index in [0.29, 0.717) is 16.7 Å². The summed E-state index contributed by atoms with van der Waals surface area (Å²) < 4.78 is 108. The predicted octanol–water partition coefficient (Wildman–Crippen LogP) is 7.67. The molecular weight excluding hydrogens is 463 g/mol. The van der Waals surface area contributed by atoms with Gasteiger partial charge in [0.2, 0.25) is 0 Å². The lowest BCUT2D eigenvalue weighted by Gasteiger charge is -2.41. The highest BCUT2D eigenvalue weighted by atomic mass is 19.4. The zero-order chi connectivity index (χ0) is 24.8. The van der Waals surface area contributed by atoms with Crippen molar-refractivity contribution in [2.45, 2.75) is 23.6 Å². The minimum absolute atomic E-state index is 0.366. The van der Waals surface area contributed by atoms with E-state index in [1.54, 1.807) is 91.0 Å². The van der Waals surface area contributed by atoms with Crippen LogP contribution < -0.4 is 0 Å². The summed E-state index contributed by atoms with van der Waals surface area (Å²) in [7, 11) is 0. The van der Waals surface area contributed by atoms with Crippen molar-refractivity contribution < 1.29 is 44.6 Å². The Morgan fingerprint density at radius 3 is 1.03 bits per heavy atom. The number of alkyl halides is 8. The average Bonchev–Trinajstić information content (AvgIpc) is 2.81. The van der Waals surface area contributed by atoms with Gasteiger partial charge >= 0.3 is 12.3 Å². The SMILES string of the molecule is FCC(F)(F)C(c1ccccc1)(c1ccccc1)c1ccccc1.FOC(F)(F)C(F)(F)F. The highest BCUT2D eigenvalue weighted by molar-refractivity contribution is 5.53. The molecular formula is C23H17F9O. The van der Waals surface area contributed by atoms with E-state index < -0.39 is 30.3 Å². The van der Waals surface area contributed by atoms with Crippen molar-refractivity contribution in [3.63, 3.8) is 0 Å². The van der Waals surface area contributed by atoms with E-state index in [1.807, 2.05) is 0 Å². The van der Waals surface area contributed by atoms with Gasteiger partial charge in [-0.05, 0) is 21.2 Å². The minimum Gasteiger partial charge on any atom is -0.244 e. The number of hydrogen-bond acceptors (Lipinski definition) is 1. The van der Waals surface area contributed by atoms with Crippen LogP contribution in [0, 0.1) is 0 Å². The Hall–Kier alpha value is -3.01. The highest BCUT2D eigenvalue weighted by Gasteiger charge is 2.61. The van der Waals surface area contributed by atoms with Crippen LogP contribution in [0.1, 0.15) is 16.7 Å². The molecule has 0 saturated carbocycles. The standard InChI is InChI=1S/C21H17F3.C2F6O/c22-16-20(23,24)21(17-10-4-1-5-11-17,18-12-6-2-7-13-18)19-14-8-3-9-15-19;3-1(4,5)2(6,7)9-8/h1-15H,16H2;. The summed E-state index contributed by atoms with van der Waals surface area (Å²) in [5.41, 5.74) is -0.786. The predicted molar refractivity (Wildman–Crippen MR) is 103 cm³/mol. The van der Waals surface area contributed by atoms with Crippen molar-refractivity contribution >= 4 is 0 Å². The first kappa shape index (κ1) is 26.2. The first-order valence-corrected chi connectivity index (χ1v) is 9.28. The molecule has 0 aliphatic rings. The molecule has 0 heterocycles. The van der Waals surface area contributed by atoms with Crippen LogP contribution in [0.15, 0.2) is 91.0 Å². The molecule has 0 aliphatic heterocycles. The lowest BCUT2D eigenvalue weighted by molar-refractivity contribution is -0.453. The number of hydrogen-bond donors (Lipinski definition) is 0. The van der Waals surface area contributed by atoms with E-state index in [0.717, 1.165) is 0 Å². The van der Waals surface area contributed by atoms with Gasteiger partial charge in [-0.1, -0.05) is 91.0 Å². The molecule has 0 atom stereocenters. The van der Waals surface area contributed by atoms with Gasteiger partial charge in [0, 0.05) is 0 Å². The summed E-state index contributed by atoms with van der Waals surface area (Å²) >= 11 is 0. The second-order valence-corrected chi connectivity index (χ2v) is 6.78. The molecule has 0 spiro atoms. The molecule has 0 saturated heterocycles. The number of rotatable bonds is 6. The third kappa shape index (κ3) is 5.32. The monoisotopic (exact) mass is 480 g/mol. The van der Waals surface area contributed by atoms with Crippen LogP contribution in [0.3, 0.4) is 0 Å². The zero-order valence-electron chi connectivity index (χ0n) is 16.7. The average molecular weight is 480 g/mol. The fourth-order valence-corrected chi connectivity index (χ4v) is 3.34. The first-order chi connectivity index (χ1) is 15.4. The van der Waals surface area contributed by atoms with E-state index in [9.17, 15) is 30.9 Å². The fourth-order valence-electron chi connectivity index (χ4n) is 3.34. The molecule has 0 bridgehead atoms. The third-order valence-electron chi connectivity index (χ3n) is 4.76. The quantitative estimate of drug-likeness (QED) is 0.260. The molecule has 0 aliphatic carbocycles. The molecule has 3 aromatic rings. The topological polar surface area (TPSA) is 9.23 Å². The lowest BCUT2D eigenvalue weighted by Crippen LogP contribution is -2.49. The lowest BCUT2D eigenvalue weighted by atomic mass is 9.65. The van der Waals surface area contributed by atoms with E-state index >= 15 is 8.78 Å². The Kier molecular flexibility index (Phi) is 8.18. The van der Waals surface area contributed by atoms with Gasteiger partial charge in [-0.25, -0.2) is 13.2 Å². The Morgan fingerprint density at radius 2 is 0.848 bits per heavy atom. The Bertz CT molecular complexity index is 878. The van der Waals surface area contributed by atoms with Crippen molar-refractivity contribution in [3.05, 3.63) is 108 Å². The van der Waals surface area contributed by atoms with Crippen LogP contribution in [0.4, 0.5) is 39.6 Å². The normalized spacial score (nSPS) is 12.6. The summed E-state index contributed by atoms with van der Waals surface area (Å²) in [6.07, 6.45) is -11.7. The van der Waals surface area contributed by atoms with Gasteiger partial charge in [0.15, 0.2) is 6.67 Å². The molecule has 0 N–H and O–H groups in total. The fraction of sp³-hybridized carbons (Fsp3) is 0.217. The smallest absolute Gasteiger partial charge is 0.244 e. The van der Waals surface area contributed by atoms with Gasteiger partial charge in [-0.2, -0.15) is 22.0 Å². The number of halogens is 9. The van der Waals surface area contributed by atoms with Gasteiger partial charge in [-0.3, -0.25) is 0 Å². The Labute approximate surface area is 183 Å². The van der Waals surface area contributed by atoms with Crippen LogP contribution >= 0.6 is 0 Å². The van der Waals surface area contributed by atoms with Crippen molar-refractivity contribution in [3.8, 4) is 0 Å². The summed E-state index contributed by atoms with van der Waals surface area (Å²) in [6.45, 7) is -1.74. The van der Waals surface area contributed by atoms with Crippen molar-refractivity contribution in [1.82, 2.24) is 0 Å². The van der Waals surface area contributed by atoms with Crippen LogP contribution in [0.5, 0.6) is 0 Å². The van der Waals surface area contributed by atoms with Gasteiger partial charge in [0.25, 0.3) is 5.92 Å². The minimum atomic E-state index is -5.98. The second-order valence-electron chi connectivity index (χ2n) is 6.78. The van der Waals surface area contributed by atoms with Gasteiger partial charge in [0.05, 0.1) is 0 Å². The van der Waals surface area contributed by atoms with Crippen molar-refractivity contribution in [2.75, 3.05) is 6.67 Å². The molecule has 178 valence electrons. The maximum absolute atomic E-state index is 15.2. The van der Waals surface area contributed by atoms with E-state index in [1.165, 1.54) is 4.94 Å². The molecule has 10 heteroatoms. The first-order valence-electron chi connectivity index (χ1n) is 9.28. The van der Waals surface area contributed by atoms with E-state index in [2.05, 4.69) is 0 Å². The summed E-state index contributed by atoms with van der Waals surface area (Å²) in [5, 5.41) is 0. The van der Waals surface area contributed by atoms with E-state index in [4.69, 9.17) is 0 Å².